The van der Waals surface area contributed by atoms with E-state index in [1.54, 1.807) is 12.3 Å². The molecule has 0 spiro atoms. The number of anilines is 2. The van der Waals surface area contributed by atoms with E-state index < -0.39 is 0 Å². The molecular weight excluding hydrogens is 362 g/mol. The fourth-order valence-electron chi connectivity index (χ4n) is 3.03. The maximum atomic E-state index is 12.7. The third-order valence-electron chi connectivity index (χ3n) is 4.61. The summed E-state index contributed by atoms with van der Waals surface area (Å²) in [6, 6.07) is 12.8. The lowest BCUT2D eigenvalue weighted by Gasteiger charge is -2.18. The van der Waals surface area contributed by atoms with Crippen molar-refractivity contribution in [2.24, 2.45) is 4.99 Å². The van der Waals surface area contributed by atoms with E-state index in [2.05, 4.69) is 15.2 Å². The Morgan fingerprint density at radius 2 is 2.04 bits per heavy atom. The summed E-state index contributed by atoms with van der Waals surface area (Å²) in [4.78, 5) is 19.3. The molecule has 1 fully saturated rings. The first-order chi connectivity index (χ1) is 13.1. The van der Waals surface area contributed by atoms with Crippen LogP contribution in [0, 0.1) is 0 Å². The number of aliphatic imine (C=N–C) groups is 1. The van der Waals surface area contributed by atoms with Gasteiger partial charge < -0.3 is 15.3 Å². The lowest BCUT2D eigenvalue weighted by Crippen LogP contribution is -2.18. The van der Waals surface area contributed by atoms with Gasteiger partial charge in [-0.15, -0.1) is 0 Å². The monoisotopic (exact) mass is 385 g/mol. The van der Waals surface area contributed by atoms with Gasteiger partial charge in [-0.05, 0) is 44.0 Å². The summed E-state index contributed by atoms with van der Waals surface area (Å²) in [5.74, 6) is -0.260. The van der Waals surface area contributed by atoms with Gasteiger partial charge in [-0.2, -0.15) is 0 Å². The molecule has 0 bridgehead atoms. The van der Waals surface area contributed by atoms with Crippen molar-refractivity contribution in [3.05, 3.63) is 58.6 Å². The molecule has 27 heavy (non-hydrogen) atoms. The van der Waals surface area contributed by atoms with Gasteiger partial charge in [0, 0.05) is 36.2 Å². The normalized spacial score (nSPS) is 15.3. The Balaban J connectivity index is 1.77. The predicted molar refractivity (Wildman–Crippen MR) is 111 cm³/mol. The number of carbonyl (C=O) groups is 1. The highest BCUT2D eigenvalue weighted by Crippen LogP contribution is 2.27. The highest BCUT2D eigenvalue weighted by atomic mass is 35.5. The minimum Gasteiger partial charge on any atom is -0.394 e. The number of nitrogens with zero attached hydrogens (tertiary/aromatic N) is 2. The number of carbonyl (C=O) groups excluding carboxylic acids is 1. The number of hydrogen-bond acceptors (Lipinski definition) is 4. The molecule has 2 N–H and O–H groups in total. The van der Waals surface area contributed by atoms with Crippen molar-refractivity contribution in [2.45, 2.75) is 25.8 Å². The maximum Gasteiger partial charge on any atom is 0.257 e. The summed E-state index contributed by atoms with van der Waals surface area (Å²) in [6.07, 6.45) is 4.04. The van der Waals surface area contributed by atoms with Gasteiger partial charge in [0.25, 0.3) is 5.91 Å². The van der Waals surface area contributed by atoms with Crippen LogP contribution >= 0.6 is 11.6 Å². The van der Waals surface area contributed by atoms with Crippen LogP contribution in [0.4, 0.5) is 11.4 Å². The molecular formula is C21H24ClN3O2. The molecule has 2 aromatic rings. The number of rotatable bonds is 6. The lowest BCUT2D eigenvalue weighted by molar-refractivity contribution is 0.102. The molecule has 0 radical (unpaired) electrons. The second-order valence-corrected chi connectivity index (χ2v) is 7.12. The summed E-state index contributed by atoms with van der Waals surface area (Å²) in [7, 11) is 0. The Morgan fingerprint density at radius 3 is 2.74 bits per heavy atom. The topological polar surface area (TPSA) is 64.9 Å². The highest BCUT2D eigenvalue weighted by Gasteiger charge is 2.16. The first-order valence-electron chi connectivity index (χ1n) is 9.17. The van der Waals surface area contributed by atoms with E-state index in [0.29, 0.717) is 16.3 Å². The average Bonchev–Trinajstić information content (AvgIpc) is 3.21. The number of benzene rings is 2. The smallest absolute Gasteiger partial charge is 0.257 e. The van der Waals surface area contributed by atoms with Crippen LogP contribution in [0.1, 0.15) is 35.7 Å². The molecule has 5 nitrogen and oxygen atoms in total. The molecule has 1 atom stereocenters. The number of para-hydroxylation sites is 1. The van der Waals surface area contributed by atoms with Crippen LogP contribution in [-0.2, 0) is 0 Å². The maximum absolute atomic E-state index is 12.7. The predicted octanol–water partition coefficient (Wildman–Crippen LogP) is 3.99. The molecule has 3 rings (SSSR count). The molecule has 1 heterocycles. The first-order valence-corrected chi connectivity index (χ1v) is 9.55. The number of halogens is 1. The highest BCUT2D eigenvalue weighted by molar-refractivity contribution is 6.34. The quantitative estimate of drug-likeness (QED) is 0.739. The van der Waals surface area contributed by atoms with Crippen LogP contribution in [-0.4, -0.2) is 43.0 Å². The SMILES string of the molecule is C[C@H](CO)/N=C/c1ccccc1NC(=O)c1ccc(N2CCCC2)cc1Cl. The van der Waals surface area contributed by atoms with Crippen molar-refractivity contribution in [3.8, 4) is 0 Å². The Hall–Kier alpha value is -2.37. The molecule has 0 saturated carbocycles. The zero-order valence-electron chi connectivity index (χ0n) is 15.4. The van der Waals surface area contributed by atoms with E-state index in [0.717, 1.165) is 24.3 Å². The van der Waals surface area contributed by atoms with Gasteiger partial charge >= 0.3 is 0 Å². The van der Waals surface area contributed by atoms with Crippen molar-refractivity contribution in [3.63, 3.8) is 0 Å². The number of amides is 1. The molecule has 142 valence electrons. The van der Waals surface area contributed by atoms with E-state index in [1.807, 2.05) is 43.3 Å². The van der Waals surface area contributed by atoms with Crippen LogP contribution in [0.15, 0.2) is 47.5 Å². The van der Waals surface area contributed by atoms with Crippen molar-refractivity contribution >= 4 is 35.1 Å². The number of aliphatic hydroxyl groups excluding tert-OH is 1. The molecule has 6 heteroatoms. The van der Waals surface area contributed by atoms with Gasteiger partial charge in [0.1, 0.15) is 0 Å². The largest absolute Gasteiger partial charge is 0.394 e. The van der Waals surface area contributed by atoms with Crippen LogP contribution in [0.25, 0.3) is 0 Å². The van der Waals surface area contributed by atoms with Gasteiger partial charge in [0.15, 0.2) is 0 Å². The molecule has 0 aliphatic carbocycles. The number of aliphatic hydroxyl groups is 1. The molecule has 1 aliphatic rings. The van der Waals surface area contributed by atoms with Crippen molar-refractivity contribution in [1.29, 1.82) is 0 Å². The Morgan fingerprint density at radius 1 is 1.30 bits per heavy atom. The first kappa shape index (κ1) is 19.4. The van der Waals surface area contributed by atoms with Crippen LogP contribution in [0.5, 0.6) is 0 Å². The molecule has 1 amide bonds. The minimum atomic E-state index is -0.260. The molecule has 2 aromatic carbocycles. The molecule has 0 aromatic heterocycles. The lowest BCUT2D eigenvalue weighted by atomic mass is 10.1. The summed E-state index contributed by atoms with van der Waals surface area (Å²) in [5, 5.41) is 12.5. The summed E-state index contributed by atoms with van der Waals surface area (Å²) in [5.41, 5.74) is 2.92. The molecule has 1 saturated heterocycles. The third kappa shape index (κ3) is 4.87. The van der Waals surface area contributed by atoms with Crippen LogP contribution < -0.4 is 10.2 Å². The zero-order valence-corrected chi connectivity index (χ0v) is 16.1. The van der Waals surface area contributed by atoms with Crippen molar-refractivity contribution < 1.29 is 9.90 Å². The Bertz CT molecular complexity index is 832. The van der Waals surface area contributed by atoms with E-state index >= 15 is 0 Å². The van der Waals surface area contributed by atoms with E-state index in [1.165, 1.54) is 12.8 Å². The van der Waals surface area contributed by atoms with Crippen LogP contribution in [0.3, 0.4) is 0 Å². The van der Waals surface area contributed by atoms with Gasteiger partial charge in [-0.3, -0.25) is 9.79 Å². The fourth-order valence-corrected chi connectivity index (χ4v) is 3.29. The number of nitrogens with one attached hydrogen (secondary N) is 1. The minimum absolute atomic E-state index is 0.0238. The van der Waals surface area contributed by atoms with Crippen LogP contribution in [0.2, 0.25) is 5.02 Å². The zero-order chi connectivity index (χ0) is 19.2. The molecule has 0 unspecified atom stereocenters. The fraction of sp³-hybridized carbons (Fsp3) is 0.333. The van der Waals surface area contributed by atoms with E-state index in [4.69, 9.17) is 16.7 Å². The number of hydrogen-bond donors (Lipinski definition) is 2. The summed E-state index contributed by atoms with van der Waals surface area (Å²) in [6.45, 7) is 3.85. The van der Waals surface area contributed by atoms with Crippen molar-refractivity contribution in [2.75, 3.05) is 29.9 Å². The van der Waals surface area contributed by atoms with Gasteiger partial charge in [0.2, 0.25) is 0 Å². The van der Waals surface area contributed by atoms with Gasteiger partial charge in [0.05, 0.1) is 23.2 Å². The van der Waals surface area contributed by atoms with Gasteiger partial charge in [-0.25, -0.2) is 0 Å². The average molecular weight is 386 g/mol. The molecule has 1 aliphatic heterocycles. The summed E-state index contributed by atoms with van der Waals surface area (Å²) >= 11 is 6.39. The second-order valence-electron chi connectivity index (χ2n) is 6.71. The third-order valence-corrected chi connectivity index (χ3v) is 4.92. The van der Waals surface area contributed by atoms with E-state index in [9.17, 15) is 4.79 Å². The standard InChI is InChI=1S/C21H24ClN3O2/c1-15(14-26)23-13-16-6-2-3-7-20(16)24-21(27)18-9-8-17(12-19(18)22)25-10-4-5-11-25/h2-3,6-9,12-13,15,26H,4-5,10-11,14H2,1H3,(H,24,27)/b23-13+/t15-/m1/s1. The van der Waals surface area contributed by atoms with Crippen molar-refractivity contribution in [1.82, 2.24) is 0 Å². The Kier molecular flexibility index (Phi) is 6.48. The van der Waals surface area contributed by atoms with Gasteiger partial charge in [-0.1, -0.05) is 29.8 Å². The van der Waals surface area contributed by atoms with E-state index in [-0.39, 0.29) is 18.6 Å². The summed E-state index contributed by atoms with van der Waals surface area (Å²) < 4.78 is 0. The second kappa shape index (κ2) is 9.02. The Labute approximate surface area is 164 Å².